The number of halogens is 1. The average molecular weight is 415 g/mol. The lowest BCUT2D eigenvalue weighted by Gasteiger charge is -2.21. The first-order chi connectivity index (χ1) is 14.0. The molecular weight excluding hydrogens is 392 g/mol. The van der Waals surface area contributed by atoms with Gasteiger partial charge in [-0.3, -0.25) is 14.5 Å². The van der Waals surface area contributed by atoms with Crippen molar-refractivity contribution in [2.24, 2.45) is 0 Å². The van der Waals surface area contributed by atoms with Gasteiger partial charge in [-0.15, -0.1) is 0 Å². The summed E-state index contributed by atoms with van der Waals surface area (Å²) in [4.78, 5) is 33.9. The third kappa shape index (κ3) is 6.12. The lowest BCUT2D eigenvalue weighted by molar-refractivity contribution is -0.122. The van der Waals surface area contributed by atoms with Gasteiger partial charge in [-0.1, -0.05) is 35.9 Å². The summed E-state index contributed by atoms with van der Waals surface area (Å²) in [6.07, 6.45) is 0. The smallest absolute Gasteiger partial charge is 0.258 e. The molecule has 0 unspecified atom stereocenters. The van der Waals surface area contributed by atoms with Crippen molar-refractivity contribution in [2.75, 3.05) is 26.8 Å². The van der Waals surface area contributed by atoms with E-state index in [1.54, 1.807) is 31.4 Å². The van der Waals surface area contributed by atoms with Gasteiger partial charge in [0.1, 0.15) is 5.82 Å². The molecule has 3 rings (SSSR count). The summed E-state index contributed by atoms with van der Waals surface area (Å²) < 4.78 is 5.15. The minimum absolute atomic E-state index is 0.135. The number of amides is 1. The summed E-state index contributed by atoms with van der Waals surface area (Å²) in [7, 11) is 1.60. The van der Waals surface area contributed by atoms with E-state index in [1.807, 2.05) is 29.2 Å². The molecular formula is C21H23ClN4O3. The van der Waals surface area contributed by atoms with Crippen molar-refractivity contribution in [1.29, 1.82) is 0 Å². The fraction of sp³-hybridized carbons (Fsp3) is 0.286. The molecule has 152 valence electrons. The largest absolute Gasteiger partial charge is 0.383 e. The summed E-state index contributed by atoms with van der Waals surface area (Å²) in [6.45, 7) is 1.86. The third-order valence-electron chi connectivity index (χ3n) is 4.39. The van der Waals surface area contributed by atoms with Crippen molar-refractivity contribution < 1.29 is 9.53 Å². The van der Waals surface area contributed by atoms with Crippen LogP contribution in [0.15, 0.2) is 53.3 Å². The maximum absolute atomic E-state index is 12.4. The number of aromatic nitrogens is 2. The number of H-pyrrole nitrogens is 1. The highest BCUT2D eigenvalue weighted by molar-refractivity contribution is 6.30. The van der Waals surface area contributed by atoms with E-state index in [2.05, 4.69) is 15.3 Å². The number of nitrogens with zero attached hydrogens (tertiary/aromatic N) is 2. The summed E-state index contributed by atoms with van der Waals surface area (Å²) >= 11 is 5.98. The van der Waals surface area contributed by atoms with E-state index in [0.717, 1.165) is 5.56 Å². The van der Waals surface area contributed by atoms with E-state index in [9.17, 15) is 9.59 Å². The third-order valence-corrected chi connectivity index (χ3v) is 4.63. The molecule has 1 aromatic heterocycles. The van der Waals surface area contributed by atoms with Crippen LogP contribution in [0.3, 0.4) is 0 Å². The molecule has 0 atom stereocenters. The molecule has 29 heavy (non-hydrogen) atoms. The van der Waals surface area contributed by atoms with Crippen LogP contribution >= 0.6 is 11.6 Å². The van der Waals surface area contributed by atoms with E-state index >= 15 is 0 Å². The molecule has 2 aromatic carbocycles. The van der Waals surface area contributed by atoms with Crippen molar-refractivity contribution >= 4 is 28.4 Å². The van der Waals surface area contributed by atoms with Gasteiger partial charge in [0, 0.05) is 25.2 Å². The monoisotopic (exact) mass is 414 g/mol. The van der Waals surface area contributed by atoms with Crippen molar-refractivity contribution in [1.82, 2.24) is 20.2 Å². The van der Waals surface area contributed by atoms with Crippen LogP contribution in [0.1, 0.15) is 11.4 Å². The van der Waals surface area contributed by atoms with Gasteiger partial charge in [0.15, 0.2) is 0 Å². The maximum atomic E-state index is 12.4. The maximum Gasteiger partial charge on any atom is 0.258 e. The van der Waals surface area contributed by atoms with Gasteiger partial charge in [-0.25, -0.2) is 4.98 Å². The number of hydrogen-bond acceptors (Lipinski definition) is 5. The van der Waals surface area contributed by atoms with E-state index in [1.165, 1.54) is 0 Å². The number of rotatable bonds is 9. The summed E-state index contributed by atoms with van der Waals surface area (Å²) in [5.41, 5.74) is 1.36. The van der Waals surface area contributed by atoms with E-state index in [0.29, 0.717) is 48.0 Å². The Morgan fingerprint density at radius 1 is 1.24 bits per heavy atom. The number of methoxy groups -OCH3 is 1. The lowest BCUT2D eigenvalue weighted by Crippen LogP contribution is -2.38. The van der Waals surface area contributed by atoms with E-state index in [-0.39, 0.29) is 18.0 Å². The average Bonchev–Trinajstić information content (AvgIpc) is 2.70. The fourth-order valence-corrected chi connectivity index (χ4v) is 3.18. The zero-order chi connectivity index (χ0) is 20.6. The lowest BCUT2D eigenvalue weighted by atomic mass is 10.2. The quantitative estimate of drug-likeness (QED) is 0.561. The van der Waals surface area contributed by atoms with Crippen LogP contribution < -0.4 is 10.9 Å². The van der Waals surface area contributed by atoms with Gasteiger partial charge in [-0.2, -0.15) is 0 Å². The molecule has 0 aliphatic heterocycles. The number of hydrogen-bond donors (Lipinski definition) is 2. The van der Waals surface area contributed by atoms with Crippen LogP contribution in [0.5, 0.6) is 0 Å². The molecule has 2 N–H and O–H groups in total. The second-order valence-corrected chi connectivity index (χ2v) is 7.08. The number of carbonyl (C=O) groups excluding carboxylic acids is 1. The van der Waals surface area contributed by atoms with Crippen molar-refractivity contribution in [3.05, 3.63) is 75.3 Å². The van der Waals surface area contributed by atoms with E-state index in [4.69, 9.17) is 16.3 Å². The summed E-state index contributed by atoms with van der Waals surface area (Å²) in [5.74, 6) is 0.372. The Balaban J connectivity index is 1.66. The molecule has 0 saturated carbocycles. The normalized spacial score (nSPS) is 11.1. The molecule has 0 aliphatic rings. The number of fused-ring (bicyclic) bond motifs is 1. The predicted molar refractivity (Wildman–Crippen MR) is 113 cm³/mol. The van der Waals surface area contributed by atoms with Gasteiger partial charge >= 0.3 is 0 Å². The molecule has 1 amide bonds. The SMILES string of the molecule is COCCN(CC(=O)NCc1cccc(Cl)c1)Cc1nc2ccccc2c(=O)[nH]1. The Morgan fingerprint density at radius 3 is 2.86 bits per heavy atom. The number of carbonyl (C=O) groups is 1. The summed E-state index contributed by atoms with van der Waals surface area (Å²) in [6, 6.07) is 14.5. The second-order valence-electron chi connectivity index (χ2n) is 6.64. The standard InChI is InChI=1S/C21H23ClN4O3/c1-29-10-9-26(14-20(27)23-12-15-5-4-6-16(22)11-15)13-19-24-18-8-3-2-7-17(18)21(28)25-19/h2-8,11H,9-10,12-14H2,1H3,(H,23,27)(H,24,25,28). The van der Waals surface area contributed by atoms with Crippen LogP contribution in [0, 0.1) is 0 Å². The number of ether oxygens (including phenoxy) is 1. The zero-order valence-corrected chi connectivity index (χ0v) is 16.9. The minimum Gasteiger partial charge on any atom is -0.383 e. The highest BCUT2D eigenvalue weighted by atomic mass is 35.5. The number of benzene rings is 2. The topological polar surface area (TPSA) is 87.3 Å². The Labute approximate surface area is 173 Å². The van der Waals surface area contributed by atoms with Gasteiger partial charge in [0.2, 0.25) is 5.91 Å². The second kappa shape index (κ2) is 10.2. The molecule has 7 nitrogen and oxygen atoms in total. The number of nitrogens with one attached hydrogen (secondary N) is 2. The molecule has 1 heterocycles. The fourth-order valence-electron chi connectivity index (χ4n) is 2.96. The molecule has 8 heteroatoms. The molecule has 0 radical (unpaired) electrons. The summed E-state index contributed by atoms with van der Waals surface area (Å²) in [5, 5.41) is 4.06. The van der Waals surface area contributed by atoms with Crippen LogP contribution in [0.2, 0.25) is 5.02 Å². The molecule has 3 aromatic rings. The molecule has 0 saturated heterocycles. The number of aromatic amines is 1. The van der Waals surface area contributed by atoms with Crippen molar-refractivity contribution in [3.8, 4) is 0 Å². The molecule has 0 spiro atoms. The first kappa shape index (κ1) is 21.0. The van der Waals surface area contributed by atoms with E-state index < -0.39 is 0 Å². The van der Waals surface area contributed by atoms with Crippen LogP contribution in [-0.4, -0.2) is 47.6 Å². The van der Waals surface area contributed by atoms with Gasteiger partial charge in [-0.05, 0) is 29.8 Å². The van der Waals surface area contributed by atoms with Crippen LogP contribution in [0.4, 0.5) is 0 Å². The zero-order valence-electron chi connectivity index (χ0n) is 16.2. The Kier molecular flexibility index (Phi) is 7.35. The van der Waals surface area contributed by atoms with Gasteiger partial charge in [0.25, 0.3) is 5.56 Å². The predicted octanol–water partition coefficient (Wildman–Crippen LogP) is 2.34. The highest BCUT2D eigenvalue weighted by Gasteiger charge is 2.13. The highest BCUT2D eigenvalue weighted by Crippen LogP contribution is 2.10. The first-order valence-corrected chi connectivity index (χ1v) is 9.63. The van der Waals surface area contributed by atoms with Gasteiger partial charge in [0.05, 0.1) is 30.6 Å². The first-order valence-electron chi connectivity index (χ1n) is 9.25. The number of para-hydroxylation sites is 1. The molecule has 0 bridgehead atoms. The Bertz CT molecular complexity index is 1040. The van der Waals surface area contributed by atoms with Crippen LogP contribution in [0.25, 0.3) is 10.9 Å². The minimum atomic E-state index is -0.192. The van der Waals surface area contributed by atoms with Crippen molar-refractivity contribution in [3.63, 3.8) is 0 Å². The molecule has 0 aliphatic carbocycles. The van der Waals surface area contributed by atoms with Gasteiger partial charge < -0.3 is 15.0 Å². The molecule has 0 fully saturated rings. The Morgan fingerprint density at radius 2 is 2.07 bits per heavy atom. The Hall–Kier alpha value is -2.74. The van der Waals surface area contributed by atoms with Crippen molar-refractivity contribution in [2.45, 2.75) is 13.1 Å². The van der Waals surface area contributed by atoms with Crippen LogP contribution in [-0.2, 0) is 22.6 Å².